The second-order valence-electron chi connectivity index (χ2n) is 5.56. The Labute approximate surface area is 101 Å². The molecule has 0 aliphatic rings. The van der Waals surface area contributed by atoms with Gasteiger partial charge in [0.1, 0.15) is 5.52 Å². The van der Waals surface area contributed by atoms with E-state index in [4.69, 9.17) is 4.42 Å². The summed E-state index contributed by atoms with van der Waals surface area (Å²) in [7, 11) is 0. The summed E-state index contributed by atoms with van der Waals surface area (Å²) < 4.78 is 5.70. The lowest BCUT2D eigenvalue weighted by Gasteiger charge is -2.14. The van der Waals surface area contributed by atoms with Crippen molar-refractivity contribution in [3.05, 3.63) is 29.7 Å². The SMILES string of the molecule is CC(=O)c1cccc2nc(CC(C)(C)C)oc12. The first-order chi connectivity index (χ1) is 7.87. The molecule has 0 bridgehead atoms. The molecule has 0 radical (unpaired) electrons. The van der Waals surface area contributed by atoms with Crippen molar-refractivity contribution in [1.82, 2.24) is 4.98 Å². The van der Waals surface area contributed by atoms with Crippen molar-refractivity contribution in [3.63, 3.8) is 0 Å². The first-order valence-corrected chi connectivity index (χ1v) is 5.76. The third-order valence-electron chi connectivity index (χ3n) is 2.52. The van der Waals surface area contributed by atoms with Crippen LogP contribution in [0.15, 0.2) is 22.6 Å². The number of carbonyl (C=O) groups is 1. The standard InChI is InChI=1S/C14H17NO2/c1-9(16)10-6-5-7-11-13(10)17-12(15-11)8-14(2,3)4/h5-7H,8H2,1-4H3. The molecule has 3 heteroatoms. The summed E-state index contributed by atoms with van der Waals surface area (Å²) >= 11 is 0. The van der Waals surface area contributed by atoms with Gasteiger partial charge in [0.2, 0.25) is 0 Å². The van der Waals surface area contributed by atoms with Gasteiger partial charge in [0.15, 0.2) is 17.3 Å². The topological polar surface area (TPSA) is 43.1 Å². The predicted octanol–water partition coefficient (Wildman–Crippen LogP) is 3.62. The number of nitrogens with zero attached hydrogens (tertiary/aromatic N) is 1. The van der Waals surface area contributed by atoms with Crippen LogP contribution < -0.4 is 0 Å². The number of carbonyl (C=O) groups excluding carboxylic acids is 1. The van der Waals surface area contributed by atoms with E-state index in [0.717, 1.165) is 11.9 Å². The molecule has 3 nitrogen and oxygen atoms in total. The van der Waals surface area contributed by atoms with E-state index >= 15 is 0 Å². The maximum Gasteiger partial charge on any atom is 0.196 e. The second-order valence-corrected chi connectivity index (χ2v) is 5.56. The summed E-state index contributed by atoms with van der Waals surface area (Å²) in [6.07, 6.45) is 0.763. The molecule has 1 aromatic heterocycles. The minimum absolute atomic E-state index is 0.00839. The number of fused-ring (bicyclic) bond motifs is 1. The number of benzene rings is 1. The Kier molecular flexibility index (Phi) is 2.77. The van der Waals surface area contributed by atoms with Crippen molar-refractivity contribution in [2.45, 2.75) is 34.1 Å². The summed E-state index contributed by atoms with van der Waals surface area (Å²) in [6, 6.07) is 5.48. The highest BCUT2D eigenvalue weighted by Crippen LogP contribution is 2.25. The average Bonchev–Trinajstić information content (AvgIpc) is 2.55. The number of para-hydroxylation sites is 1. The largest absolute Gasteiger partial charge is 0.440 e. The van der Waals surface area contributed by atoms with E-state index in [9.17, 15) is 4.79 Å². The maximum absolute atomic E-state index is 11.5. The van der Waals surface area contributed by atoms with Gasteiger partial charge in [-0.25, -0.2) is 4.98 Å². The fraction of sp³-hybridized carbons (Fsp3) is 0.429. The van der Waals surface area contributed by atoms with E-state index in [-0.39, 0.29) is 11.2 Å². The van der Waals surface area contributed by atoms with Crippen LogP contribution in [0, 0.1) is 5.41 Å². The molecule has 0 aliphatic carbocycles. The average molecular weight is 231 g/mol. The Hall–Kier alpha value is -1.64. The fourth-order valence-corrected chi connectivity index (χ4v) is 1.80. The monoisotopic (exact) mass is 231 g/mol. The molecule has 0 fully saturated rings. The van der Waals surface area contributed by atoms with Gasteiger partial charge >= 0.3 is 0 Å². The lowest BCUT2D eigenvalue weighted by molar-refractivity contribution is 0.101. The third kappa shape index (κ3) is 2.54. The number of ketones is 1. The molecular weight excluding hydrogens is 214 g/mol. The Morgan fingerprint density at radius 1 is 1.35 bits per heavy atom. The van der Waals surface area contributed by atoms with Gasteiger partial charge in [-0.1, -0.05) is 26.8 Å². The molecule has 0 aliphatic heterocycles. The van der Waals surface area contributed by atoms with Crippen LogP contribution in [-0.4, -0.2) is 10.8 Å². The molecule has 0 spiro atoms. The molecule has 0 saturated heterocycles. The van der Waals surface area contributed by atoms with Crippen LogP contribution >= 0.6 is 0 Å². The zero-order chi connectivity index (χ0) is 12.6. The first kappa shape index (κ1) is 11.8. The molecule has 2 rings (SSSR count). The van der Waals surface area contributed by atoms with Crippen molar-refractivity contribution in [1.29, 1.82) is 0 Å². The lowest BCUT2D eigenvalue weighted by atomic mass is 9.92. The molecule has 0 atom stereocenters. The van der Waals surface area contributed by atoms with Crippen LogP contribution in [0.3, 0.4) is 0 Å². The van der Waals surface area contributed by atoms with Crippen molar-refractivity contribution in [2.24, 2.45) is 5.41 Å². The zero-order valence-corrected chi connectivity index (χ0v) is 10.7. The van der Waals surface area contributed by atoms with Crippen LogP contribution in [0.4, 0.5) is 0 Å². The van der Waals surface area contributed by atoms with E-state index in [1.54, 1.807) is 13.0 Å². The summed E-state index contributed by atoms with van der Waals surface area (Å²) in [5.74, 6) is 0.704. The normalized spacial score (nSPS) is 12.0. The van der Waals surface area contributed by atoms with Crippen LogP contribution in [0.2, 0.25) is 0 Å². The highest BCUT2D eigenvalue weighted by molar-refractivity contribution is 6.03. The van der Waals surface area contributed by atoms with Crippen LogP contribution in [0.5, 0.6) is 0 Å². The molecule has 0 N–H and O–H groups in total. The quantitative estimate of drug-likeness (QED) is 0.741. The molecule has 2 aromatic rings. The maximum atomic E-state index is 11.5. The van der Waals surface area contributed by atoms with Gasteiger partial charge in [-0.2, -0.15) is 0 Å². The molecule has 0 saturated carbocycles. The minimum Gasteiger partial charge on any atom is -0.440 e. The Balaban J connectivity index is 2.50. The third-order valence-corrected chi connectivity index (χ3v) is 2.52. The Morgan fingerprint density at radius 2 is 2.06 bits per heavy atom. The lowest BCUT2D eigenvalue weighted by Crippen LogP contribution is -2.09. The molecule has 0 unspecified atom stereocenters. The van der Waals surface area contributed by atoms with E-state index in [2.05, 4.69) is 25.8 Å². The highest BCUT2D eigenvalue weighted by Gasteiger charge is 2.18. The first-order valence-electron chi connectivity index (χ1n) is 5.76. The van der Waals surface area contributed by atoms with Crippen LogP contribution in [-0.2, 0) is 6.42 Å². The molecule has 90 valence electrons. The molecular formula is C14H17NO2. The number of aromatic nitrogens is 1. The van der Waals surface area contributed by atoms with E-state index in [0.29, 0.717) is 17.0 Å². The highest BCUT2D eigenvalue weighted by atomic mass is 16.3. The summed E-state index contributed by atoms with van der Waals surface area (Å²) in [5.41, 5.74) is 2.10. The molecule has 0 amide bonds. The minimum atomic E-state index is 0.00839. The second kappa shape index (κ2) is 3.99. The van der Waals surface area contributed by atoms with Gasteiger partial charge in [-0.3, -0.25) is 4.79 Å². The molecule has 1 aromatic carbocycles. The fourth-order valence-electron chi connectivity index (χ4n) is 1.80. The van der Waals surface area contributed by atoms with Crippen molar-refractivity contribution < 1.29 is 9.21 Å². The van der Waals surface area contributed by atoms with Crippen LogP contribution in [0.1, 0.15) is 43.9 Å². The van der Waals surface area contributed by atoms with Gasteiger partial charge in [-0.15, -0.1) is 0 Å². The van der Waals surface area contributed by atoms with Crippen molar-refractivity contribution in [2.75, 3.05) is 0 Å². The van der Waals surface area contributed by atoms with E-state index in [1.807, 2.05) is 12.1 Å². The number of hydrogen-bond donors (Lipinski definition) is 0. The van der Waals surface area contributed by atoms with Crippen molar-refractivity contribution >= 4 is 16.9 Å². The number of hydrogen-bond acceptors (Lipinski definition) is 3. The smallest absolute Gasteiger partial charge is 0.196 e. The Morgan fingerprint density at radius 3 is 2.65 bits per heavy atom. The van der Waals surface area contributed by atoms with Gasteiger partial charge in [-0.05, 0) is 24.5 Å². The zero-order valence-electron chi connectivity index (χ0n) is 10.7. The van der Waals surface area contributed by atoms with Gasteiger partial charge in [0.25, 0.3) is 0 Å². The van der Waals surface area contributed by atoms with Crippen molar-refractivity contribution in [3.8, 4) is 0 Å². The summed E-state index contributed by atoms with van der Waals surface area (Å²) in [5, 5.41) is 0. The molecule has 1 heterocycles. The van der Waals surface area contributed by atoms with Gasteiger partial charge in [0, 0.05) is 6.42 Å². The molecule has 17 heavy (non-hydrogen) atoms. The summed E-state index contributed by atoms with van der Waals surface area (Å²) in [4.78, 5) is 15.9. The number of Topliss-reactive ketones (excluding diaryl/α,β-unsaturated/α-hetero) is 1. The number of oxazole rings is 1. The predicted molar refractivity (Wildman–Crippen MR) is 67.2 cm³/mol. The van der Waals surface area contributed by atoms with E-state index < -0.39 is 0 Å². The van der Waals surface area contributed by atoms with E-state index in [1.165, 1.54) is 0 Å². The van der Waals surface area contributed by atoms with Gasteiger partial charge < -0.3 is 4.42 Å². The summed E-state index contributed by atoms with van der Waals surface area (Å²) in [6.45, 7) is 7.94. The number of rotatable bonds is 2. The Bertz CT molecular complexity index is 561. The van der Waals surface area contributed by atoms with Crippen LogP contribution in [0.25, 0.3) is 11.1 Å². The van der Waals surface area contributed by atoms with Gasteiger partial charge in [0.05, 0.1) is 5.56 Å².